The van der Waals surface area contributed by atoms with Crippen LogP contribution in [0.1, 0.15) is 5.56 Å². The Kier molecular flexibility index (Phi) is 7.00. The molecule has 0 heterocycles. The lowest BCUT2D eigenvalue weighted by molar-refractivity contribution is 1.30. The Balaban J connectivity index is 1.01. The van der Waals surface area contributed by atoms with Crippen LogP contribution in [0.25, 0.3) is 108 Å². The summed E-state index contributed by atoms with van der Waals surface area (Å²) in [6, 6.07) is 77.2. The minimum atomic E-state index is 1.13. The lowest BCUT2D eigenvalue weighted by Gasteiger charge is -2.29. The lowest BCUT2D eigenvalue weighted by atomic mass is 9.89. The molecule has 13 aromatic rings. The molecule has 278 valence electrons. The standard InChI is InChI=1S/C59H37N/c1-36-16-26-47(27-17-36)60(54-30-28-48(50-12-2-4-14-52(50)54)45-32-41-22-18-37-8-6-9-38-19-23-42(33-45)58(41)56(37)38)55-31-29-49(51-13-3-5-15-53(51)55)46-34-43-24-20-39-10-7-11-40-21-25-44(35-46)59(43)57(39)40/h2-35H,1H3. The Labute approximate surface area is 347 Å². The van der Waals surface area contributed by atoms with E-state index in [1.807, 2.05) is 0 Å². The molecule has 0 aliphatic heterocycles. The molecule has 0 aliphatic rings. The molecule has 0 N–H and O–H groups in total. The molecule has 0 amide bonds. The van der Waals surface area contributed by atoms with Gasteiger partial charge >= 0.3 is 0 Å². The SMILES string of the molecule is Cc1ccc(N(c2ccc(-c3cc4ccc5cccc6ccc(c3)c4c56)c3ccccc23)c2ccc(-c3cc4ccc5cccc6ccc(c3)c4c56)c3ccccc23)cc1. The lowest BCUT2D eigenvalue weighted by Crippen LogP contribution is -2.11. The molecule has 0 unspecified atom stereocenters. The molecule has 1 heteroatoms. The Morgan fingerprint density at radius 1 is 0.283 bits per heavy atom. The molecule has 0 aromatic heterocycles. The van der Waals surface area contributed by atoms with Gasteiger partial charge in [0.2, 0.25) is 0 Å². The van der Waals surface area contributed by atoms with Gasteiger partial charge in [-0.15, -0.1) is 0 Å². The molecule has 0 saturated heterocycles. The van der Waals surface area contributed by atoms with E-state index in [4.69, 9.17) is 0 Å². The zero-order valence-corrected chi connectivity index (χ0v) is 33.1. The highest BCUT2D eigenvalue weighted by molar-refractivity contribution is 6.25. The van der Waals surface area contributed by atoms with Crippen LogP contribution in [0.5, 0.6) is 0 Å². The van der Waals surface area contributed by atoms with Crippen molar-refractivity contribution in [3.05, 3.63) is 212 Å². The van der Waals surface area contributed by atoms with Gasteiger partial charge in [0.05, 0.1) is 11.4 Å². The quantitative estimate of drug-likeness (QED) is 0.158. The first kappa shape index (κ1) is 33.3. The van der Waals surface area contributed by atoms with E-state index < -0.39 is 0 Å². The van der Waals surface area contributed by atoms with Gasteiger partial charge in [-0.25, -0.2) is 0 Å². The highest BCUT2D eigenvalue weighted by Gasteiger charge is 2.22. The summed E-state index contributed by atoms with van der Waals surface area (Å²) in [5.41, 5.74) is 9.59. The van der Waals surface area contributed by atoms with E-state index in [1.54, 1.807) is 0 Å². The van der Waals surface area contributed by atoms with Crippen LogP contribution in [-0.2, 0) is 0 Å². The first-order valence-corrected chi connectivity index (χ1v) is 20.9. The number of hydrogen-bond acceptors (Lipinski definition) is 1. The van der Waals surface area contributed by atoms with Crippen molar-refractivity contribution in [2.75, 3.05) is 4.90 Å². The van der Waals surface area contributed by atoms with Gasteiger partial charge in [-0.05, 0) is 153 Å². The van der Waals surface area contributed by atoms with Gasteiger partial charge in [0.15, 0.2) is 0 Å². The van der Waals surface area contributed by atoms with Crippen molar-refractivity contribution in [3.63, 3.8) is 0 Å². The van der Waals surface area contributed by atoms with Crippen LogP contribution in [0.4, 0.5) is 17.1 Å². The third-order valence-corrected chi connectivity index (χ3v) is 13.1. The number of nitrogens with zero attached hydrogens (tertiary/aromatic N) is 1. The van der Waals surface area contributed by atoms with Crippen molar-refractivity contribution in [1.82, 2.24) is 0 Å². The minimum Gasteiger partial charge on any atom is -0.309 e. The molecule has 0 radical (unpaired) electrons. The molecule has 60 heavy (non-hydrogen) atoms. The molecule has 0 fully saturated rings. The summed E-state index contributed by atoms with van der Waals surface area (Å²) < 4.78 is 0. The van der Waals surface area contributed by atoms with Crippen LogP contribution in [0.2, 0.25) is 0 Å². The molecular formula is C59H37N. The van der Waals surface area contributed by atoms with Gasteiger partial charge < -0.3 is 4.90 Å². The summed E-state index contributed by atoms with van der Waals surface area (Å²) >= 11 is 0. The third kappa shape index (κ3) is 4.87. The Morgan fingerprint density at radius 3 is 1.03 bits per heavy atom. The van der Waals surface area contributed by atoms with Crippen LogP contribution in [0.3, 0.4) is 0 Å². The average molecular weight is 760 g/mol. The number of hydrogen-bond donors (Lipinski definition) is 0. The molecular weight excluding hydrogens is 723 g/mol. The maximum absolute atomic E-state index is 2.47. The van der Waals surface area contributed by atoms with Crippen molar-refractivity contribution in [1.29, 1.82) is 0 Å². The van der Waals surface area contributed by atoms with Gasteiger partial charge in [-0.3, -0.25) is 0 Å². The van der Waals surface area contributed by atoms with Crippen LogP contribution in [0, 0.1) is 6.92 Å². The van der Waals surface area contributed by atoms with Crippen molar-refractivity contribution < 1.29 is 0 Å². The zero-order valence-electron chi connectivity index (χ0n) is 33.1. The summed E-state index contributed by atoms with van der Waals surface area (Å²) in [6.45, 7) is 2.16. The van der Waals surface area contributed by atoms with Gasteiger partial charge in [-0.1, -0.05) is 163 Å². The molecule has 0 spiro atoms. The van der Waals surface area contributed by atoms with E-state index >= 15 is 0 Å². The van der Waals surface area contributed by atoms with E-state index in [9.17, 15) is 0 Å². The molecule has 1 nitrogen and oxygen atoms in total. The van der Waals surface area contributed by atoms with Gasteiger partial charge in [0.1, 0.15) is 0 Å². The van der Waals surface area contributed by atoms with Gasteiger partial charge in [0, 0.05) is 16.5 Å². The summed E-state index contributed by atoms with van der Waals surface area (Å²) in [7, 11) is 0. The van der Waals surface area contributed by atoms with E-state index in [0.717, 1.165) is 17.1 Å². The molecule has 0 aliphatic carbocycles. The highest BCUT2D eigenvalue weighted by Crippen LogP contribution is 2.47. The minimum absolute atomic E-state index is 1.13. The average Bonchev–Trinajstić information content (AvgIpc) is 3.30. The zero-order chi connectivity index (χ0) is 39.5. The normalized spacial score (nSPS) is 12.1. The molecule has 13 aromatic carbocycles. The monoisotopic (exact) mass is 759 g/mol. The van der Waals surface area contributed by atoms with E-state index in [0.29, 0.717) is 0 Å². The Morgan fingerprint density at radius 2 is 0.633 bits per heavy atom. The number of fused-ring (bicyclic) bond motifs is 2. The first-order chi connectivity index (χ1) is 29.6. The fourth-order valence-electron chi connectivity index (χ4n) is 10.4. The van der Waals surface area contributed by atoms with Crippen molar-refractivity contribution in [2.24, 2.45) is 0 Å². The Bertz CT molecular complexity index is 3480. The largest absolute Gasteiger partial charge is 0.309 e. The molecule has 0 saturated carbocycles. The van der Waals surface area contributed by atoms with Crippen molar-refractivity contribution in [3.8, 4) is 22.3 Å². The number of rotatable bonds is 5. The van der Waals surface area contributed by atoms with E-state index in [-0.39, 0.29) is 0 Å². The fraction of sp³-hybridized carbons (Fsp3) is 0.0169. The second-order valence-corrected chi connectivity index (χ2v) is 16.5. The second-order valence-electron chi connectivity index (χ2n) is 16.5. The first-order valence-electron chi connectivity index (χ1n) is 20.9. The fourth-order valence-corrected chi connectivity index (χ4v) is 10.4. The predicted molar refractivity (Wildman–Crippen MR) is 259 cm³/mol. The van der Waals surface area contributed by atoms with Crippen molar-refractivity contribution in [2.45, 2.75) is 6.92 Å². The van der Waals surface area contributed by atoms with Crippen LogP contribution < -0.4 is 4.90 Å². The number of benzene rings is 13. The van der Waals surface area contributed by atoms with Gasteiger partial charge in [0.25, 0.3) is 0 Å². The van der Waals surface area contributed by atoms with Crippen LogP contribution >= 0.6 is 0 Å². The second kappa shape index (κ2) is 12.6. The van der Waals surface area contributed by atoms with Crippen LogP contribution in [0.15, 0.2) is 206 Å². The summed E-state index contributed by atoms with van der Waals surface area (Å²) in [6.07, 6.45) is 0. The number of anilines is 3. The number of aryl methyl sites for hydroxylation is 1. The Hall–Kier alpha value is -7.74. The van der Waals surface area contributed by atoms with Crippen molar-refractivity contribution >= 4 is 103 Å². The van der Waals surface area contributed by atoms with E-state index in [1.165, 1.54) is 114 Å². The molecule has 13 rings (SSSR count). The molecule has 0 atom stereocenters. The summed E-state index contributed by atoms with van der Waals surface area (Å²) in [5.74, 6) is 0. The third-order valence-electron chi connectivity index (χ3n) is 13.1. The summed E-state index contributed by atoms with van der Waals surface area (Å²) in [4.78, 5) is 2.47. The maximum Gasteiger partial charge on any atom is 0.0540 e. The maximum atomic E-state index is 2.47. The smallest absolute Gasteiger partial charge is 0.0540 e. The van der Waals surface area contributed by atoms with E-state index in [2.05, 4.69) is 218 Å². The highest BCUT2D eigenvalue weighted by atomic mass is 15.1. The summed E-state index contributed by atoms with van der Waals surface area (Å²) in [5, 5.41) is 20.5. The van der Waals surface area contributed by atoms with Gasteiger partial charge in [-0.2, -0.15) is 0 Å². The van der Waals surface area contributed by atoms with Crippen LogP contribution in [-0.4, -0.2) is 0 Å². The topological polar surface area (TPSA) is 3.24 Å². The molecule has 0 bridgehead atoms. The predicted octanol–water partition coefficient (Wildman–Crippen LogP) is 16.9.